The highest BCUT2D eigenvalue weighted by Gasteiger charge is 2.53. The van der Waals surface area contributed by atoms with Crippen molar-refractivity contribution in [3.8, 4) is 11.1 Å². The normalized spacial score (nSPS) is 26.3. The molecule has 2 fully saturated rings. The van der Waals surface area contributed by atoms with Crippen molar-refractivity contribution in [3.63, 3.8) is 0 Å². The molecule has 5 heteroatoms. The second-order valence-electron chi connectivity index (χ2n) is 7.95. The highest BCUT2D eigenvalue weighted by atomic mass is 16.6. The lowest BCUT2D eigenvalue weighted by molar-refractivity contribution is -0.149. The van der Waals surface area contributed by atoms with Crippen molar-refractivity contribution >= 4 is 17.6 Å². The average Bonchev–Trinajstić information content (AvgIpc) is 2.69. The number of para-hydroxylation sites is 1. The maximum atomic E-state index is 12.6. The van der Waals surface area contributed by atoms with Crippen LogP contribution in [0.1, 0.15) is 19.3 Å². The summed E-state index contributed by atoms with van der Waals surface area (Å²) in [6.45, 7) is 0. The maximum absolute atomic E-state index is 12.6. The van der Waals surface area contributed by atoms with E-state index in [0.29, 0.717) is 12.2 Å². The number of nitrogens with zero attached hydrogens (tertiary/aromatic N) is 1. The minimum atomic E-state index is -0.449. The van der Waals surface area contributed by atoms with Gasteiger partial charge in [-0.1, -0.05) is 48.5 Å². The molecule has 4 atom stereocenters. The Bertz CT molecular complexity index is 865. The number of Topliss-reactive ketones (excluding diaryl/α,β-unsaturated/α-hetero) is 1. The fourth-order valence-corrected chi connectivity index (χ4v) is 4.63. The summed E-state index contributed by atoms with van der Waals surface area (Å²) in [5, 5.41) is 2.90. The molecule has 2 aliphatic carbocycles. The highest BCUT2D eigenvalue weighted by molar-refractivity contribution is 5.92. The van der Waals surface area contributed by atoms with E-state index >= 15 is 0 Å². The van der Waals surface area contributed by atoms with Crippen molar-refractivity contribution in [2.45, 2.75) is 31.4 Å². The monoisotopic (exact) mass is 378 g/mol. The molecule has 0 heterocycles. The summed E-state index contributed by atoms with van der Waals surface area (Å²) in [6.07, 6.45) is 1.55. The lowest BCUT2D eigenvalue weighted by Crippen LogP contribution is -2.58. The molecule has 5 nitrogen and oxygen atoms in total. The van der Waals surface area contributed by atoms with Crippen LogP contribution in [-0.4, -0.2) is 43.0 Å². The second kappa shape index (κ2) is 7.76. The van der Waals surface area contributed by atoms with Gasteiger partial charge in [0.1, 0.15) is 11.9 Å². The number of amides is 1. The summed E-state index contributed by atoms with van der Waals surface area (Å²) in [5.74, 6) is 0.439. The van der Waals surface area contributed by atoms with E-state index < -0.39 is 6.09 Å². The third-order valence-electron chi connectivity index (χ3n) is 6.08. The van der Waals surface area contributed by atoms with E-state index in [9.17, 15) is 9.59 Å². The zero-order chi connectivity index (χ0) is 19.7. The van der Waals surface area contributed by atoms with Crippen molar-refractivity contribution in [2.75, 3.05) is 19.4 Å². The molecule has 1 amide bonds. The molecule has 2 saturated carbocycles. The number of ketones is 1. The van der Waals surface area contributed by atoms with Crippen molar-refractivity contribution in [1.29, 1.82) is 0 Å². The van der Waals surface area contributed by atoms with Crippen LogP contribution in [0.15, 0.2) is 54.6 Å². The predicted molar refractivity (Wildman–Crippen MR) is 109 cm³/mol. The predicted octanol–water partition coefficient (Wildman–Crippen LogP) is 4.20. The molecule has 0 radical (unpaired) electrons. The van der Waals surface area contributed by atoms with Gasteiger partial charge in [0.25, 0.3) is 0 Å². The van der Waals surface area contributed by atoms with Crippen LogP contribution < -0.4 is 5.32 Å². The first-order valence-corrected chi connectivity index (χ1v) is 9.86. The van der Waals surface area contributed by atoms with Crippen LogP contribution in [0.5, 0.6) is 0 Å². The summed E-state index contributed by atoms with van der Waals surface area (Å²) < 4.78 is 5.78. The number of ether oxygens (including phenoxy) is 1. The summed E-state index contributed by atoms with van der Waals surface area (Å²) in [6, 6.07) is 17.9. The van der Waals surface area contributed by atoms with Gasteiger partial charge in [0.15, 0.2) is 0 Å². The Hall–Kier alpha value is -2.66. The summed E-state index contributed by atoms with van der Waals surface area (Å²) >= 11 is 0. The number of hydrogen-bond acceptors (Lipinski definition) is 4. The molecule has 4 rings (SSSR count). The van der Waals surface area contributed by atoms with Crippen LogP contribution in [0, 0.1) is 11.8 Å². The SMILES string of the molecule is CN(C)C1CCC(OC(=O)Nc2ccccc2-c2ccccc2)C2CC(=O)C21. The van der Waals surface area contributed by atoms with E-state index in [-0.39, 0.29) is 24.0 Å². The number of carbonyl (C=O) groups excluding carboxylic acids is 2. The fraction of sp³-hybridized carbons (Fsp3) is 0.391. The number of fused-ring (bicyclic) bond motifs is 1. The number of nitrogens with one attached hydrogen (secondary N) is 1. The molecule has 28 heavy (non-hydrogen) atoms. The van der Waals surface area contributed by atoms with Crippen molar-refractivity contribution in [3.05, 3.63) is 54.6 Å². The van der Waals surface area contributed by atoms with Gasteiger partial charge in [0.05, 0.1) is 5.69 Å². The van der Waals surface area contributed by atoms with E-state index in [0.717, 1.165) is 29.7 Å². The molecule has 0 spiro atoms. The standard InChI is InChI=1S/C23H26N2O3/c1-25(2)19-12-13-21(17-14-20(26)22(17)19)28-23(27)24-18-11-7-6-10-16(18)15-8-4-3-5-9-15/h3-11,17,19,21-22H,12-14H2,1-2H3,(H,24,27). The first-order chi connectivity index (χ1) is 13.5. The minimum Gasteiger partial charge on any atom is -0.446 e. The van der Waals surface area contributed by atoms with Gasteiger partial charge in [-0.25, -0.2) is 4.79 Å². The first kappa shape index (κ1) is 18.7. The summed E-state index contributed by atoms with van der Waals surface area (Å²) in [7, 11) is 4.03. The van der Waals surface area contributed by atoms with Crippen LogP contribution >= 0.6 is 0 Å². The van der Waals surface area contributed by atoms with Crippen molar-refractivity contribution in [2.24, 2.45) is 11.8 Å². The Kier molecular flexibility index (Phi) is 5.18. The molecule has 0 aliphatic heterocycles. The first-order valence-electron chi connectivity index (χ1n) is 9.86. The lowest BCUT2D eigenvalue weighted by Gasteiger charge is -2.49. The fourth-order valence-electron chi connectivity index (χ4n) is 4.63. The van der Waals surface area contributed by atoms with E-state index in [1.54, 1.807) is 0 Å². The molecule has 0 saturated heterocycles. The largest absolute Gasteiger partial charge is 0.446 e. The van der Waals surface area contributed by atoms with Crippen LogP contribution in [0.4, 0.5) is 10.5 Å². The van der Waals surface area contributed by atoms with E-state index in [2.05, 4.69) is 10.2 Å². The minimum absolute atomic E-state index is 0.00171. The smallest absolute Gasteiger partial charge is 0.411 e. The number of rotatable bonds is 4. The van der Waals surface area contributed by atoms with Gasteiger partial charge in [0, 0.05) is 29.9 Å². The van der Waals surface area contributed by atoms with Gasteiger partial charge in [-0.2, -0.15) is 0 Å². The van der Waals surface area contributed by atoms with Gasteiger partial charge >= 0.3 is 6.09 Å². The zero-order valence-electron chi connectivity index (χ0n) is 16.3. The quantitative estimate of drug-likeness (QED) is 0.866. The Morgan fingerprint density at radius 3 is 2.46 bits per heavy atom. The molecule has 2 aromatic carbocycles. The molecule has 2 aliphatic rings. The van der Waals surface area contributed by atoms with Gasteiger partial charge in [-0.3, -0.25) is 10.1 Å². The number of hydrogen-bond donors (Lipinski definition) is 1. The third kappa shape index (κ3) is 3.54. The van der Waals surface area contributed by atoms with Crippen molar-refractivity contribution < 1.29 is 14.3 Å². The Labute approximate surface area is 165 Å². The van der Waals surface area contributed by atoms with E-state index in [4.69, 9.17) is 4.74 Å². The number of anilines is 1. The van der Waals surface area contributed by atoms with E-state index in [1.807, 2.05) is 68.7 Å². The van der Waals surface area contributed by atoms with Gasteiger partial charge in [-0.15, -0.1) is 0 Å². The lowest BCUT2D eigenvalue weighted by atomic mass is 9.60. The Morgan fingerprint density at radius 2 is 1.75 bits per heavy atom. The third-order valence-corrected chi connectivity index (χ3v) is 6.08. The molecule has 1 N–H and O–H groups in total. The molecule has 0 aromatic heterocycles. The molecule has 146 valence electrons. The topological polar surface area (TPSA) is 58.6 Å². The van der Waals surface area contributed by atoms with Crippen LogP contribution in [-0.2, 0) is 9.53 Å². The molecule has 0 bridgehead atoms. The second-order valence-corrected chi connectivity index (χ2v) is 7.95. The summed E-state index contributed by atoms with van der Waals surface area (Å²) in [4.78, 5) is 26.9. The molecular formula is C23H26N2O3. The number of benzene rings is 2. The molecular weight excluding hydrogens is 352 g/mol. The zero-order valence-corrected chi connectivity index (χ0v) is 16.3. The molecule has 2 aromatic rings. The summed E-state index contributed by atoms with van der Waals surface area (Å²) in [5.41, 5.74) is 2.71. The van der Waals surface area contributed by atoms with E-state index in [1.165, 1.54) is 0 Å². The number of carbonyl (C=O) groups is 2. The Morgan fingerprint density at radius 1 is 1.04 bits per heavy atom. The maximum Gasteiger partial charge on any atom is 0.411 e. The van der Waals surface area contributed by atoms with Gasteiger partial charge in [-0.05, 0) is 38.6 Å². The van der Waals surface area contributed by atoms with Crippen LogP contribution in [0.3, 0.4) is 0 Å². The van der Waals surface area contributed by atoms with Crippen LogP contribution in [0.2, 0.25) is 0 Å². The average molecular weight is 378 g/mol. The van der Waals surface area contributed by atoms with Crippen LogP contribution in [0.25, 0.3) is 11.1 Å². The van der Waals surface area contributed by atoms with Crippen molar-refractivity contribution in [1.82, 2.24) is 4.90 Å². The molecule has 4 unspecified atom stereocenters. The van der Waals surface area contributed by atoms with Gasteiger partial charge in [0.2, 0.25) is 0 Å². The highest BCUT2D eigenvalue weighted by Crippen LogP contribution is 2.45. The Balaban J connectivity index is 1.44. The van der Waals surface area contributed by atoms with Gasteiger partial charge < -0.3 is 9.64 Å².